The standard InChI is InChI=1S/C19H23BrN.C19H24N.C5H8O2.Ir/c1-2-3-4-5-6-7-8-16-9-11-17(12-10-16)19-14-13-18(20)15-21-19;1-2-3-4-5-6-7-10-17-12-14-18(15-13-17)19-11-8-9-16-20-19;1-4(6)3-5(2)7;/h9-11,13-15H,2-8H2,1H3;8-9,11-14,16H,2-7,10H2,1H3;3,6H,1-2H3;/q2*-1;;. The second kappa shape index (κ2) is 27.9. The summed E-state index contributed by atoms with van der Waals surface area (Å²) < 4.78 is 1.01. The number of aliphatic hydroxyl groups is 1. The van der Waals surface area contributed by atoms with E-state index in [1.165, 1.54) is 115 Å². The van der Waals surface area contributed by atoms with Gasteiger partial charge in [-0.05, 0) is 47.2 Å². The fourth-order valence-corrected chi connectivity index (χ4v) is 5.35. The van der Waals surface area contributed by atoms with Crippen molar-refractivity contribution in [1.29, 1.82) is 0 Å². The number of hydrogen-bond donors (Lipinski definition) is 1. The van der Waals surface area contributed by atoms with Crippen LogP contribution in [0.3, 0.4) is 0 Å². The Morgan fingerprint density at radius 2 is 1.20 bits per heavy atom. The summed E-state index contributed by atoms with van der Waals surface area (Å²) in [6.45, 7) is 7.37. The van der Waals surface area contributed by atoms with Gasteiger partial charge in [0.2, 0.25) is 0 Å². The van der Waals surface area contributed by atoms with Crippen molar-refractivity contribution >= 4 is 21.7 Å². The van der Waals surface area contributed by atoms with Gasteiger partial charge >= 0.3 is 0 Å². The van der Waals surface area contributed by atoms with Crippen LogP contribution in [0.2, 0.25) is 0 Å². The Kier molecular flexibility index (Phi) is 25.1. The number of aryl methyl sites for hydroxylation is 2. The smallest absolute Gasteiger partial charge is 0.155 e. The van der Waals surface area contributed by atoms with Crippen molar-refractivity contribution in [3.8, 4) is 22.5 Å². The van der Waals surface area contributed by atoms with Gasteiger partial charge in [-0.3, -0.25) is 4.79 Å². The molecule has 4 rings (SSSR count). The minimum absolute atomic E-state index is 0. The summed E-state index contributed by atoms with van der Waals surface area (Å²) in [5.41, 5.74) is 6.89. The van der Waals surface area contributed by atoms with Gasteiger partial charge in [-0.15, -0.1) is 70.8 Å². The first-order chi connectivity index (χ1) is 23.3. The second-order valence-electron chi connectivity index (χ2n) is 12.2. The number of halogens is 1. The molecule has 0 saturated heterocycles. The molecule has 2 aromatic heterocycles. The first-order valence-corrected chi connectivity index (χ1v) is 18.5. The maximum absolute atomic E-state index is 10.0. The van der Waals surface area contributed by atoms with Gasteiger partial charge in [0.1, 0.15) is 0 Å². The van der Waals surface area contributed by atoms with Gasteiger partial charge in [0, 0.05) is 43.0 Å². The molecule has 4 nitrogen and oxygen atoms in total. The van der Waals surface area contributed by atoms with Gasteiger partial charge in [0.05, 0.1) is 5.76 Å². The normalized spacial score (nSPS) is 10.6. The average Bonchev–Trinajstić information content (AvgIpc) is 3.09. The zero-order valence-corrected chi connectivity index (χ0v) is 33.9. The Morgan fingerprint density at radius 1 is 0.694 bits per heavy atom. The number of nitrogens with zero attached hydrogens (tertiary/aromatic N) is 2. The van der Waals surface area contributed by atoms with Crippen molar-refractivity contribution in [3.05, 3.63) is 119 Å². The Morgan fingerprint density at radius 3 is 1.57 bits per heavy atom. The monoisotopic (exact) mass is 903 g/mol. The van der Waals surface area contributed by atoms with Crippen molar-refractivity contribution in [2.75, 3.05) is 0 Å². The van der Waals surface area contributed by atoms with Crippen LogP contribution in [0.15, 0.2) is 95.4 Å². The van der Waals surface area contributed by atoms with Gasteiger partial charge in [-0.2, -0.15) is 0 Å². The molecule has 0 unspecified atom stereocenters. The topological polar surface area (TPSA) is 63.1 Å². The van der Waals surface area contributed by atoms with Crippen LogP contribution in [0.1, 0.15) is 116 Å². The zero-order chi connectivity index (χ0) is 34.8. The summed E-state index contributed by atoms with van der Waals surface area (Å²) in [6.07, 6.45) is 23.4. The molecule has 0 amide bonds. The van der Waals surface area contributed by atoms with E-state index in [2.05, 4.69) is 88.3 Å². The third kappa shape index (κ3) is 21.0. The Bertz CT molecular complexity index is 1420. The van der Waals surface area contributed by atoms with Crippen LogP contribution in [0.4, 0.5) is 0 Å². The Labute approximate surface area is 318 Å². The van der Waals surface area contributed by atoms with Crippen LogP contribution < -0.4 is 0 Å². The number of aliphatic hydroxyl groups excluding tert-OH is 1. The molecular weight excluding hydrogens is 849 g/mol. The third-order valence-electron chi connectivity index (χ3n) is 7.75. The molecule has 0 atom stereocenters. The Balaban J connectivity index is 0.000000405. The Hall–Kier alpha value is -2.92. The molecule has 4 aromatic rings. The van der Waals surface area contributed by atoms with E-state index in [0.29, 0.717) is 0 Å². The summed E-state index contributed by atoms with van der Waals surface area (Å²) in [5.74, 6) is -0.0625. The summed E-state index contributed by atoms with van der Waals surface area (Å²) >= 11 is 3.41. The molecule has 0 fully saturated rings. The average molecular weight is 904 g/mol. The number of aromatic nitrogens is 2. The maximum atomic E-state index is 10.0. The van der Waals surface area contributed by atoms with E-state index in [1.54, 1.807) is 0 Å². The molecule has 2 aromatic carbocycles. The number of benzene rings is 2. The van der Waals surface area contributed by atoms with E-state index in [4.69, 9.17) is 5.11 Å². The molecule has 6 heteroatoms. The van der Waals surface area contributed by atoms with Crippen molar-refractivity contribution in [2.24, 2.45) is 0 Å². The third-order valence-corrected chi connectivity index (χ3v) is 8.22. The van der Waals surface area contributed by atoms with Crippen LogP contribution in [0, 0.1) is 12.1 Å². The number of carbonyl (C=O) groups excluding carboxylic acids is 1. The minimum Gasteiger partial charge on any atom is -0.512 e. The molecule has 0 aliphatic rings. The van der Waals surface area contributed by atoms with Crippen LogP contribution in [0.25, 0.3) is 22.5 Å². The number of carbonyl (C=O) groups is 1. The molecule has 267 valence electrons. The predicted octanol–water partition coefficient (Wildman–Crippen LogP) is 12.7. The predicted molar refractivity (Wildman–Crippen MR) is 206 cm³/mol. The SMILES string of the molecule is CC(=O)C=C(C)O.CCCCCCCCc1c[c-]c(-c2ccc(Br)cn2)cc1.CCCCCCCCc1c[c-]c(-c2ccccn2)cc1.[Ir]. The fourth-order valence-electron chi connectivity index (χ4n) is 5.11. The number of pyridine rings is 2. The summed E-state index contributed by atoms with van der Waals surface area (Å²) in [4.78, 5) is 18.8. The van der Waals surface area contributed by atoms with E-state index in [-0.39, 0.29) is 31.6 Å². The van der Waals surface area contributed by atoms with Gasteiger partial charge < -0.3 is 15.1 Å². The minimum atomic E-state index is -0.125. The van der Waals surface area contributed by atoms with Gasteiger partial charge in [-0.25, -0.2) is 0 Å². The summed E-state index contributed by atoms with van der Waals surface area (Å²) in [7, 11) is 0. The summed E-state index contributed by atoms with van der Waals surface area (Å²) in [5, 5.41) is 8.36. The number of ketones is 1. The first-order valence-electron chi connectivity index (χ1n) is 17.7. The van der Waals surface area contributed by atoms with Gasteiger partial charge in [0.15, 0.2) is 5.78 Å². The van der Waals surface area contributed by atoms with E-state index in [9.17, 15) is 4.79 Å². The molecule has 49 heavy (non-hydrogen) atoms. The molecular formula is C43H55BrIrN2O2-2. The van der Waals surface area contributed by atoms with Crippen molar-refractivity contribution in [3.63, 3.8) is 0 Å². The van der Waals surface area contributed by atoms with Crippen molar-refractivity contribution in [1.82, 2.24) is 9.97 Å². The first kappa shape index (κ1) is 44.1. The number of unbranched alkanes of at least 4 members (excludes halogenated alkanes) is 10. The van der Waals surface area contributed by atoms with Gasteiger partial charge in [-0.1, -0.05) is 128 Å². The molecule has 1 N–H and O–H groups in total. The molecule has 0 saturated carbocycles. The van der Waals surface area contributed by atoms with Crippen LogP contribution in [-0.2, 0) is 37.7 Å². The molecule has 0 aliphatic carbocycles. The quantitative estimate of drug-likeness (QED) is 0.0496. The van der Waals surface area contributed by atoms with Crippen LogP contribution >= 0.6 is 15.9 Å². The van der Waals surface area contributed by atoms with Crippen molar-refractivity contribution < 1.29 is 30.0 Å². The second-order valence-corrected chi connectivity index (χ2v) is 13.1. The molecule has 0 spiro atoms. The number of rotatable bonds is 17. The molecule has 0 aliphatic heterocycles. The van der Waals surface area contributed by atoms with Gasteiger partial charge in [0.25, 0.3) is 0 Å². The summed E-state index contributed by atoms with van der Waals surface area (Å²) in [6, 6.07) is 29.6. The van der Waals surface area contributed by atoms with Crippen LogP contribution in [-0.4, -0.2) is 20.9 Å². The van der Waals surface area contributed by atoms with E-state index in [1.807, 2.05) is 42.7 Å². The number of hydrogen-bond acceptors (Lipinski definition) is 4. The van der Waals surface area contributed by atoms with E-state index in [0.717, 1.165) is 33.4 Å². The van der Waals surface area contributed by atoms with E-state index >= 15 is 0 Å². The largest absolute Gasteiger partial charge is 0.512 e. The van der Waals surface area contributed by atoms with E-state index < -0.39 is 0 Å². The molecule has 2 heterocycles. The van der Waals surface area contributed by atoms with Crippen LogP contribution in [0.5, 0.6) is 0 Å². The maximum Gasteiger partial charge on any atom is 0.155 e. The fraction of sp³-hybridized carbons (Fsp3) is 0.419. The molecule has 0 bridgehead atoms. The molecule has 1 radical (unpaired) electrons. The van der Waals surface area contributed by atoms with Crippen molar-refractivity contribution in [2.45, 2.75) is 118 Å². The zero-order valence-electron chi connectivity index (χ0n) is 29.9. The number of allylic oxidation sites excluding steroid dienone is 2.